The van der Waals surface area contributed by atoms with Crippen LogP contribution in [0.5, 0.6) is 5.75 Å². The Labute approximate surface area is 104 Å². The fourth-order valence-corrected chi connectivity index (χ4v) is 2.82. The molecule has 1 aromatic rings. The number of hydrogen-bond donors (Lipinski definition) is 2. The summed E-state index contributed by atoms with van der Waals surface area (Å²) in [4.78, 5) is 0. The molecule has 0 unspecified atom stereocenters. The summed E-state index contributed by atoms with van der Waals surface area (Å²) in [6.45, 7) is 11.3. The number of nitrogens with one attached hydrogen (secondary N) is 1. The predicted molar refractivity (Wildman–Crippen MR) is 70.9 cm³/mol. The second kappa shape index (κ2) is 4.02. The van der Waals surface area contributed by atoms with Crippen LogP contribution >= 0.6 is 0 Å². The Balaban J connectivity index is 1.80. The Morgan fingerprint density at radius 2 is 1.59 bits per heavy atom. The molecule has 94 valence electrons. The van der Waals surface area contributed by atoms with Gasteiger partial charge in [-0.05, 0) is 41.0 Å². The fourth-order valence-electron chi connectivity index (χ4n) is 2.82. The standard InChI is InChI=1S/C15H23NO/c1-14(2)13(15(14,3)4)10-16-9-11-5-7-12(17)8-6-11/h5-8,13,16-17H,9-10H2,1-4H3. The van der Waals surface area contributed by atoms with Gasteiger partial charge in [0.25, 0.3) is 0 Å². The molecule has 2 N–H and O–H groups in total. The minimum atomic E-state index is 0.332. The fraction of sp³-hybridized carbons (Fsp3) is 0.600. The van der Waals surface area contributed by atoms with Crippen molar-refractivity contribution in [2.24, 2.45) is 16.7 Å². The van der Waals surface area contributed by atoms with Crippen molar-refractivity contribution in [1.29, 1.82) is 0 Å². The van der Waals surface area contributed by atoms with Gasteiger partial charge in [-0.1, -0.05) is 39.8 Å². The Morgan fingerprint density at radius 1 is 1.06 bits per heavy atom. The van der Waals surface area contributed by atoms with Gasteiger partial charge in [0.15, 0.2) is 0 Å². The van der Waals surface area contributed by atoms with Crippen LogP contribution in [0, 0.1) is 16.7 Å². The maximum atomic E-state index is 9.20. The van der Waals surface area contributed by atoms with Crippen LogP contribution in [0.1, 0.15) is 33.3 Å². The lowest BCUT2D eigenvalue weighted by Gasteiger charge is -2.06. The van der Waals surface area contributed by atoms with Crippen molar-refractivity contribution < 1.29 is 5.11 Å². The first kappa shape index (κ1) is 12.4. The first-order valence-electron chi connectivity index (χ1n) is 6.34. The Bertz CT molecular complexity index is 378. The first-order valence-corrected chi connectivity index (χ1v) is 6.34. The van der Waals surface area contributed by atoms with E-state index in [0.29, 0.717) is 16.6 Å². The summed E-state index contributed by atoms with van der Waals surface area (Å²) in [7, 11) is 0. The number of phenols is 1. The van der Waals surface area contributed by atoms with Gasteiger partial charge in [-0.25, -0.2) is 0 Å². The lowest BCUT2D eigenvalue weighted by molar-refractivity contribution is 0.457. The smallest absolute Gasteiger partial charge is 0.115 e. The molecule has 2 rings (SSSR count). The third-order valence-corrected chi connectivity index (χ3v) is 4.93. The molecule has 2 nitrogen and oxygen atoms in total. The average Bonchev–Trinajstić information content (AvgIpc) is 2.63. The third-order valence-electron chi connectivity index (χ3n) is 4.93. The van der Waals surface area contributed by atoms with Crippen molar-refractivity contribution in [3.05, 3.63) is 29.8 Å². The average molecular weight is 233 g/mol. The highest BCUT2D eigenvalue weighted by molar-refractivity contribution is 5.25. The van der Waals surface area contributed by atoms with E-state index in [1.165, 1.54) is 5.56 Å². The number of benzene rings is 1. The summed E-state index contributed by atoms with van der Waals surface area (Å²) in [5.41, 5.74) is 2.13. The molecule has 17 heavy (non-hydrogen) atoms. The van der Waals surface area contributed by atoms with Crippen molar-refractivity contribution in [2.75, 3.05) is 6.54 Å². The molecule has 1 fully saturated rings. The van der Waals surface area contributed by atoms with Gasteiger partial charge in [-0.15, -0.1) is 0 Å². The molecule has 0 amide bonds. The van der Waals surface area contributed by atoms with E-state index in [2.05, 4.69) is 33.0 Å². The number of rotatable bonds is 4. The Kier molecular flexibility index (Phi) is 2.94. The van der Waals surface area contributed by atoms with E-state index in [0.717, 1.165) is 19.0 Å². The monoisotopic (exact) mass is 233 g/mol. The van der Waals surface area contributed by atoms with Crippen LogP contribution in [0.25, 0.3) is 0 Å². The van der Waals surface area contributed by atoms with E-state index in [1.807, 2.05) is 12.1 Å². The molecule has 0 bridgehead atoms. The van der Waals surface area contributed by atoms with E-state index in [9.17, 15) is 5.11 Å². The lowest BCUT2D eigenvalue weighted by Crippen LogP contribution is -2.18. The predicted octanol–water partition coefficient (Wildman–Crippen LogP) is 3.16. The molecule has 1 aliphatic carbocycles. The van der Waals surface area contributed by atoms with E-state index in [4.69, 9.17) is 0 Å². The largest absolute Gasteiger partial charge is 0.508 e. The normalized spacial score (nSPS) is 21.4. The SMILES string of the molecule is CC1(C)C(CNCc2ccc(O)cc2)C1(C)C. The van der Waals surface area contributed by atoms with E-state index in [1.54, 1.807) is 12.1 Å². The van der Waals surface area contributed by atoms with Crippen LogP contribution in [0.15, 0.2) is 24.3 Å². The minimum absolute atomic E-state index is 0.332. The van der Waals surface area contributed by atoms with Gasteiger partial charge in [-0.2, -0.15) is 0 Å². The number of aromatic hydroxyl groups is 1. The molecule has 0 spiro atoms. The van der Waals surface area contributed by atoms with Crippen molar-refractivity contribution >= 4 is 0 Å². The quantitative estimate of drug-likeness (QED) is 0.837. The van der Waals surface area contributed by atoms with Gasteiger partial charge in [-0.3, -0.25) is 0 Å². The summed E-state index contributed by atoms with van der Waals surface area (Å²) in [5, 5.41) is 12.7. The van der Waals surface area contributed by atoms with E-state index >= 15 is 0 Å². The van der Waals surface area contributed by atoms with Crippen LogP contribution in [0.2, 0.25) is 0 Å². The first-order chi connectivity index (χ1) is 7.85. The summed E-state index contributed by atoms with van der Waals surface area (Å²) in [6.07, 6.45) is 0. The molecule has 2 heteroatoms. The molecule has 0 heterocycles. The molecule has 1 aromatic carbocycles. The van der Waals surface area contributed by atoms with Crippen molar-refractivity contribution in [1.82, 2.24) is 5.32 Å². The highest BCUT2D eigenvalue weighted by Gasteiger charge is 2.63. The summed E-state index contributed by atoms with van der Waals surface area (Å²) < 4.78 is 0. The molecule has 0 aliphatic heterocycles. The number of hydrogen-bond acceptors (Lipinski definition) is 2. The van der Waals surface area contributed by atoms with Gasteiger partial charge in [0.05, 0.1) is 0 Å². The van der Waals surface area contributed by atoms with Crippen molar-refractivity contribution in [3.8, 4) is 5.75 Å². The minimum Gasteiger partial charge on any atom is -0.508 e. The summed E-state index contributed by atoms with van der Waals surface area (Å²) in [6, 6.07) is 7.40. The van der Waals surface area contributed by atoms with Crippen molar-refractivity contribution in [3.63, 3.8) is 0 Å². The molecule has 0 atom stereocenters. The van der Waals surface area contributed by atoms with Gasteiger partial charge >= 0.3 is 0 Å². The molecular formula is C15H23NO. The van der Waals surface area contributed by atoms with Crippen molar-refractivity contribution in [2.45, 2.75) is 34.2 Å². The highest BCUT2D eigenvalue weighted by atomic mass is 16.3. The summed E-state index contributed by atoms with van der Waals surface area (Å²) in [5.74, 6) is 1.09. The van der Waals surface area contributed by atoms with Crippen LogP contribution in [-0.2, 0) is 6.54 Å². The topological polar surface area (TPSA) is 32.3 Å². The number of phenolic OH excluding ortho intramolecular Hbond substituents is 1. The van der Waals surface area contributed by atoms with E-state index < -0.39 is 0 Å². The molecule has 1 saturated carbocycles. The zero-order valence-electron chi connectivity index (χ0n) is 11.2. The van der Waals surface area contributed by atoms with Gasteiger partial charge in [0, 0.05) is 6.54 Å². The van der Waals surface area contributed by atoms with Crippen LogP contribution in [0.3, 0.4) is 0 Å². The maximum Gasteiger partial charge on any atom is 0.115 e. The molecule has 0 saturated heterocycles. The second-order valence-electron chi connectivity index (χ2n) is 6.29. The van der Waals surface area contributed by atoms with Crippen LogP contribution < -0.4 is 5.32 Å². The van der Waals surface area contributed by atoms with Crippen LogP contribution in [0.4, 0.5) is 0 Å². The molecule has 0 radical (unpaired) electrons. The van der Waals surface area contributed by atoms with Gasteiger partial charge in [0.2, 0.25) is 0 Å². The zero-order chi connectivity index (χ0) is 12.7. The summed E-state index contributed by atoms with van der Waals surface area (Å²) >= 11 is 0. The third kappa shape index (κ3) is 2.19. The molecule has 1 aliphatic rings. The lowest BCUT2D eigenvalue weighted by atomic mass is 10.0. The zero-order valence-corrected chi connectivity index (χ0v) is 11.2. The second-order valence-corrected chi connectivity index (χ2v) is 6.29. The molecular weight excluding hydrogens is 210 g/mol. The highest BCUT2D eigenvalue weighted by Crippen LogP contribution is 2.67. The molecule has 0 aromatic heterocycles. The Hall–Kier alpha value is -1.02. The van der Waals surface area contributed by atoms with Gasteiger partial charge < -0.3 is 10.4 Å². The van der Waals surface area contributed by atoms with E-state index in [-0.39, 0.29) is 0 Å². The van der Waals surface area contributed by atoms with Crippen LogP contribution in [-0.4, -0.2) is 11.7 Å². The van der Waals surface area contributed by atoms with Gasteiger partial charge in [0.1, 0.15) is 5.75 Å². The maximum absolute atomic E-state index is 9.20. The Morgan fingerprint density at radius 3 is 2.06 bits per heavy atom.